The Kier molecular flexibility index (Phi) is 45.4. The van der Waals surface area contributed by atoms with Crippen LogP contribution >= 0.6 is 7.82 Å². The summed E-state index contributed by atoms with van der Waals surface area (Å²) in [5.74, 6) is -0.811. The molecule has 0 radical (unpaired) electrons. The van der Waals surface area contributed by atoms with E-state index in [1.165, 1.54) is 212 Å². The smallest absolute Gasteiger partial charge is 0.306 e. The molecular formula is C53H106NO8P. The molecule has 0 saturated heterocycles. The number of likely N-dealkylation sites (N-methyl/N-ethyl adjacent to an activating group) is 1. The minimum Gasteiger partial charge on any atom is -0.756 e. The van der Waals surface area contributed by atoms with Crippen molar-refractivity contribution in [1.29, 1.82) is 0 Å². The fourth-order valence-electron chi connectivity index (χ4n) is 8.13. The summed E-state index contributed by atoms with van der Waals surface area (Å²) in [6.07, 6.45) is 49.9. The molecule has 0 saturated carbocycles. The molecule has 376 valence electrons. The molecule has 0 aromatic heterocycles. The van der Waals surface area contributed by atoms with Crippen LogP contribution in [0.25, 0.3) is 0 Å². The molecule has 9 nitrogen and oxygen atoms in total. The van der Waals surface area contributed by atoms with E-state index in [0.717, 1.165) is 32.1 Å². The van der Waals surface area contributed by atoms with E-state index >= 15 is 0 Å². The van der Waals surface area contributed by atoms with Crippen molar-refractivity contribution in [2.24, 2.45) is 0 Å². The highest BCUT2D eigenvalue weighted by atomic mass is 31.2. The van der Waals surface area contributed by atoms with Crippen molar-refractivity contribution in [3.05, 3.63) is 0 Å². The largest absolute Gasteiger partial charge is 0.756 e. The van der Waals surface area contributed by atoms with Gasteiger partial charge in [0.05, 0.1) is 27.7 Å². The molecule has 0 amide bonds. The molecule has 0 N–H and O–H groups in total. The zero-order valence-electron chi connectivity index (χ0n) is 42.6. The molecular weight excluding hydrogens is 810 g/mol. The molecule has 2 unspecified atom stereocenters. The number of phosphoric ester groups is 1. The van der Waals surface area contributed by atoms with Crippen LogP contribution in [0.2, 0.25) is 0 Å². The first-order valence-electron chi connectivity index (χ1n) is 27.2. The number of hydrogen-bond acceptors (Lipinski definition) is 8. The predicted octanol–water partition coefficient (Wildman–Crippen LogP) is 15.7. The van der Waals surface area contributed by atoms with Crippen molar-refractivity contribution in [3.8, 4) is 0 Å². The Bertz CT molecular complexity index is 1040. The number of nitrogens with zero attached hydrogens (tertiary/aromatic N) is 1. The molecule has 10 heteroatoms. The van der Waals surface area contributed by atoms with Gasteiger partial charge in [-0.2, -0.15) is 0 Å². The van der Waals surface area contributed by atoms with E-state index in [-0.39, 0.29) is 32.0 Å². The zero-order chi connectivity index (χ0) is 46.4. The average molecular weight is 916 g/mol. The first-order valence-corrected chi connectivity index (χ1v) is 28.7. The topological polar surface area (TPSA) is 111 Å². The first-order chi connectivity index (χ1) is 30.5. The second-order valence-electron chi connectivity index (χ2n) is 20.0. The fourth-order valence-corrected chi connectivity index (χ4v) is 8.86. The summed E-state index contributed by atoms with van der Waals surface area (Å²) >= 11 is 0. The third kappa shape index (κ3) is 50.3. The van der Waals surface area contributed by atoms with Crippen LogP contribution in [-0.2, 0) is 32.7 Å². The maximum Gasteiger partial charge on any atom is 0.306 e. The lowest BCUT2D eigenvalue weighted by molar-refractivity contribution is -0.870. The van der Waals surface area contributed by atoms with Crippen LogP contribution in [0.5, 0.6) is 0 Å². The van der Waals surface area contributed by atoms with Crippen LogP contribution < -0.4 is 4.89 Å². The van der Waals surface area contributed by atoms with Gasteiger partial charge in [0.25, 0.3) is 7.82 Å². The quantitative estimate of drug-likeness (QED) is 0.0257. The first kappa shape index (κ1) is 62.0. The van der Waals surface area contributed by atoms with Crippen LogP contribution in [0.3, 0.4) is 0 Å². The standard InChI is InChI=1S/C53H106NO8P/c1-6-8-10-12-14-16-18-20-22-24-26-28-29-31-33-35-37-39-41-43-45-52(55)59-49-51(50-61-63(57,58)60-48-47-54(3,4)5)62-53(56)46-44-42-40-38-36-34-32-30-27-25-23-21-19-17-15-13-11-9-7-2/h51H,6-50H2,1-5H3. The molecule has 0 aromatic rings. The van der Waals surface area contributed by atoms with Crippen LogP contribution in [0, 0.1) is 0 Å². The number of unbranched alkanes of at least 4 members (excludes halogenated alkanes) is 37. The lowest BCUT2D eigenvalue weighted by Gasteiger charge is -2.28. The Morgan fingerprint density at radius 3 is 1.02 bits per heavy atom. The SMILES string of the molecule is CCCCCCCCCCCCCCCCCCCCCCC(=O)OCC(COP(=O)([O-])OCC[N+](C)(C)C)OC(=O)CCCCCCCCCCCCCCCCCCCCC. The van der Waals surface area contributed by atoms with Crippen LogP contribution in [0.15, 0.2) is 0 Å². The van der Waals surface area contributed by atoms with Gasteiger partial charge in [-0.15, -0.1) is 0 Å². The number of esters is 2. The van der Waals surface area contributed by atoms with Gasteiger partial charge < -0.3 is 27.9 Å². The van der Waals surface area contributed by atoms with Crippen LogP contribution in [0.4, 0.5) is 0 Å². The summed E-state index contributed by atoms with van der Waals surface area (Å²) in [6.45, 7) is 4.30. The average Bonchev–Trinajstić information content (AvgIpc) is 3.24. The number of hydrogen-bond donors (Lipinski definition) is 0. The number of quaternary nitrogens is 1. The number of carbonyl (C=O) groups is 2. The highest BCUT2D eigenvalue weighted by Crippen LogP contribution is 2.38. The van der Waals surface area contributed by atoms with Crippen molar-refractivity contribution in [2.45, 2.75) is 283 Å². The molecule has 0 aliphatic heterocycles. The second-order valence-corrected chi connectivity index (χ2v) is 21.4. The minimum atomic E-state index is -4.62. The molecule has 2 atom stereocenters. The molecule has 0 fully saturated rings. The Morgan fingerprint density at radius 1 is 0.429 bits per heavy atom. The van der Waals surface area contributed by atoms with Crippen molar-refractivity contribution in [2.75, 3.05) is 47.5 Å². The van der Waals surface area contributed by atoms with Crippen LogP contribution in [0.1, 0.15) is 277 Å². The van der Waals surface area contributed by atoms with Crippen molar-refractivity contribution in [1.82, 2.24) is 0 Å². The van der Waals surface area contributed by atoms with Crippen molar-refractivity contribution in [3.63, 3.8) is 0 Å². The zero-order valence-corrected chi connectivity index (χ0v) is 43.5. The van der Waals surface area contributed by atoms with Gasteiger partial charge in [0.1, 0.15) is 19.8 Å². The predicted molar refractivity (Wildman–Crippen MR) is 264 cm³/mol. The summed E-state index contributed by atoms with van der Waals surface area (Å²) < 4.78 is 34.1. The highest BCUT2D eigenvalue weighted by molar-refractivity contribution is 7.45. The fraction of sp³-hybridized carbons (Fsp3) is 0.962. The Balaban J connectivity index is 4.16. The third-order valence-corrected chi connectivity index (χ3v) is 13.3. The number of rotatable bonds is 51. The van der Waals surface area contributed by atoms with Crippen molar-refractivity contribution < 1.29 is 42.1 Å². The molecule has 0 aliphatic rings. The van der Waals surface area contributed by atoms with E-state index in [1.807, 2.05) is 21.1 Å². The lowest BCUT2D eigenvalue weighted by atomic mass is 10.0. The summed E-state index contributed by atoms with van der Waals surface area (Å²) in [4.78, 5) is 37.8. The molecule has 0 aliphatic carbocycles. The lowest BCUT2D eigenvalue weighted by Crippen LogP contribution is -2.37. The molecule has 0 spiro atoms. The van der Waals surface area contributed by atoms with Gasteiger partial charge in [-0.3, -0.25) is 14.2 Å². The van der Waals surface area contributed by atoms with Gasteiger partial charge in [0, 0.05) is 12.8 Å². The second kappa shape index (κ2) is 46.1. The summed E-state index contributed by atoms with van der Waals surface area (Å²) in [5.41, 5.74) is 0. The maximum absolute atomic E-state index is 12.8. The molecule has 0 heterocycles. The van der Waals surface area contributed by atoms with Gasteiger partial charge in [-0.25, -0.2) is 0 Å². The molecule has 0 rings (SSSR count). The van der Waals surface area contributed by atoms with Crippen LogP contribution in [-0.4, -0.2) is 70.0 Å². The Hall–Kier alpha value is -0.990. The normalized spacial score (nSPS) is 13.3. The van der Waals surface area contributed by atoms with Crippen molar-refractivity contribution >= 4 is 19.8 Å². The summed E-state index contributed by atoms with van der Waals surface area (Å²) in [6, 6.07) is 0. The van der Waals surface area contributed by atoms with Gasteiger partial charge in [0.2, 0.25) is 0 Å². The maximum atomic E-state index is 12.8. The Morgan fingerprint density at radius 2 is 0.714 bits per heavy atom. The van der Waals surface area contributed by atoms with E-state index in [4.69, 9.17) is 18.5 Å². The molecule has 63 heavy (non-hydrogen) atoms. The van der Waals surface area contributed by atoms with Gasteiger partial charge >= 0.3 is 11.9 Å². The van der Waals surface area contributed by atoms with E-state index in [2.05, 4.69) is 13.8 Å². The summed E-state index contributed by atoms with van der Waals surface area (Å²) in [5, 5.41) is 0. The van der Waals surface area contributed by atoms with E-state index in [1.54, 1.807) is 0 Å². The Labute approximate surface area is 391 Å². The minimum absolute atomic E-state index is 0.0252. The number of phosphoric acid groups is 1. The number of carbonyl (C=O) groups excluding carboxylic acids is 2. The van der Waals surface area contributed by atoms with Gasteiger partial charge in [-0.1, -0.05) is 251 Å². The van der Waals surface area contributed by atoms with E-state index in [9.17, 15) is 19.0 Å². The molecule has 0 bridgehead atoms. The van der Waals surface area contributed by atoms with E-state index in [0.29, 0.717) is 17.4 Å². The van der Waals surface area contributed by atoms with E-state index < -0.39 is 26.5 Å². The highest BCUT2D eigenvalue weighted by Gasteiger charge is 2.22. The molecule has 0 aromatic carbocycles. The monoisotopic (exact) mass is 916 g/mol. The summed E-state index contributed by atoms with van der Waals surface area (Å²) in [7, 11) is 1.19. The number of ether oxygens (including phenoxy) is 2. The van der Waals surface area contributed by atoms with Gasteiger partial charge in [0.15, 0.2) is 6.10 Å². The van der Waals surface area contributed by atoms with Gasteiger partial charge in [-0.05, 0) is 12.8 Å². The third-order valence-electron chi connectivity index (χ3n) is 12.4.